The van der Waals surface area contributed by atoms with Crippen molar-refractivity contribution in [2.24, 2.45) is 4.99 Å². The Morgan fingerprint density at radius 3 is 2.09 bits per heavy atom. The number of rotatable bonds is 21. The van der Waals surface area contributed by atoms with E-state index in [9.17, 15) is 5.11 Å². The third kappa shape index (κ3) is 16.1. The van der Waals surface area contributed by atoms with Crippen molar-refractivity contribution >= 4 is 6.21 Å². The van der Waals surface area contributed by atoms with Crippen LogP contribution in [0.3, 0.4) is 0 Å². The maximum absolute atomic E-state index is 9.94. The molecular weight excluding hydrogens is 396 g/mol. The van der Waals surface area contributed by atoms with Gasteiger partial charge in [0.25, 0.3) is 0 Å². The minimum Gasteiger partial charge on any atom is -0.492 e. The highest BCUT2D eigenvalue weighted by Crippen LogP contribution is 2.15. The maximum Gasteiger partial charge on any atom is 0.230 e. The quantitative estimate of drug-likeness (QED) is 0.141. The van der Waals surface area contributed by atoms with Gasteiger partial charge >= 0.3 is 0 Å². The second-order valence-electron chi connectivity index (χ2n) is 9.01. The van der Waals surface area contributed by atoms with E-state index in [-0.39, 0.29) is 12.0 Å². The standard InChI is InChI=1S/C28H50N2O2/c1-3-5-7-9-10-11-12-13-14-15-16-17-18-19-21-23-27(22-20-8-6-4-2)32-30-25-24-29-26-28(30)31/h18-19,21,23-24,26-27,31H,3-17,20,22,25H2,1-2H3/b19-18+,23-21+. The Bertz CT molecular complexity index is 540. The first-order valence-electron chi connectivity index (χ1n) is 13.5. The molecule has 0 aromatic rings. The minimum absolute atomic E-state index is 0.0273. The molecule has 0 saturated carbocycles. The number of aliphatic imine (C=N–C) groups is 1. The third-order valence-electron chi connectivity index (χ3n) is 5.95. The first-order chi connectivity index (χ1) is 15.8. The molecule has 1 rings (SSSR count). The van der Waals surface area contributed by atoms with Crippen LogP contribution in [0.15, 0.2) is 41.4 Å². The second-order valence-corrected chi connectivity index (χ2v) is 9.01. The maximum atomic E-state index is 9.94. The molecule has 0 aromatic carbocycles. The molecule has 0 aliphatic carbocycles. The highest BCUT2D eigenvalue weighted by Gasteiger charge is 2.15. The number of unbranched alkanes of at least 4 members (excludes halogenated alkanes) is 14. The summed E-state index contributed by atoms with van der Waals surface area (Å²) in [6, 6.07) is 0. The number of aliphatic hydroxyl groups is 1. The summed E-state index contributed by atoms with van der Waals surface area (Å²) >= 11 is 0. The summed E-state index contributed by atoms with van der Waals surface area (Å²) in [5, 5.41) is 11.5. The predicted octanol–water partition coefficient (Wildman–Crippen LogP) is 8.81. The van der Waals surface area contributed by atoms with Crippen molar-refractivity contribution < 1.29 is 9.94 Å². The van der Waals surface area contributed by atoms with Gasteiger partial charge in [0.2, 0.25) is 5.88 Å². The van der Waals surface area contributed by atoms with Gasteiger partial charge in [-0.25, -0.2) is 5.06 Å². The number of allylic oxidation sites excluding steroid dienone is 3. The minimum atomic E-state index is -0.0273. The molecule has 1 unspecified atom stereocenters. The Morgan fingerprint density at radius 1 is 0.875 bits per heavy atom. The van der Waals surface area contributed by atoms with Gasteiger partial charge in [0.15, 0.2) is 0 Å². The Morgan fingerprint density at radius 2 is 1.47 bits per heavy atom. The molecule has 4 nitrogen and oxygen atoms in total. The van der Waals surface area contributed by atoms with E-state index in [1.807, 2.05) is 0 Å². The first-order valence-corrected chi connectivity index (χ1v) is 13.5. The molecule has 0 amide bonds. The average molecular weight is 447 g/mol. The highest BCUT2D eigenvalue weighted by atomic mass is 16.7. The van der Waals surface area contributed by atoms with Gasteiger partial charge in [0.05, 0.1) is 12.7 Å². The topological polar surface area (TPSA) is 45.1 Å². The Hall–Kier alpha value is -1.55. The lowest BCUT2D eigenvalue weighted by Gasteiger charge is -2.26. The normalized spacial score (nSPS) is 15.2. The van der Waals surface area contributed by atoms with Crippen molar-refractivity contribution in [3.63, 3.8) is 0 Å². The molecule has 1 heterocycles. The fourth-order valence-electron chi connectivity index (χ4n) is 3.90. The van der Waals surface area contributed by atoms with Gasteiger partial charge in [-0.2, -0.15) is 0 Å². The van der Waals surface area contributed by atoms with Gasteiger partial charge in [0, 0.05) is 6.21 Å². The van der Waals surface area contributed by atoms with Crippen molar-refractivity contribution in [1.82, 2.24) is 5.06 Å². The number of hydrogen-bond acceptors (Lipinski definition) is 4. The molecule has 1 atom stereocenters. The molecule has 0 saturated heterocycles. The number of hydrogen-bond donors (Lipinski definition) is 1. The summed E-state index contributed by atoms with van der Waals surface area (Å²) in [4.78, 5) is 9.97. The molecule has 1 N–H and O–H groups in total. The number of nitrogens with zero attached hydrogens (tertiary/aromatic N) is 2. The van der Waals surface area contributed by atoms with E-state index in [1.165, 1.54) is 101 Å². The van der Waals surface area contributed by atoms with Crippen LogP contribution in [0.25, 0.3) is 0 Å². The van der Waals surface area contributed by atoms with E-state index in [2.05, 4.69) is 43.1 Å². The lowest BCUT2D eigenvalue weighted by Crippen LogP contribution is -2.31. The lowest BCUT2D eigenvalue weighted by atomic mass is 10.1. The molecular formula is C28H50N2O2. The predicted molar refractivity (Wildman–Crippen MR) is 139 cm³/mol. The zero-order chi connectivity index (χ0) is 23.1. The highest BCUT2D eigenvalue weighted by molar-refractivity contribution is 5.61. The van der Waals surface area contributed by atoms with Crippen LogP contribution in [0.1, 0.15) is 123 Å². The van der Waals surface area contributed by atoms with Crippen LogP contribution in [-0.2, 0) is 4.84 Å². The molecule has 1 aliphatic rings. The summed E-state index contributed by atoms with van der Waals surface area (Å²) in [6.07, 6.45) is 34.0. The van der Waals surface area contributed by atoms with E-state index in [4.69, 9.17) is 4.84 Å². The van der Waals surface area contributed by atoms with Crippen LogP contribution in [0, 0.1) is 0 Å². The lowest BCUT2D eigenvalue weighted by molar-refractivity contribution is -0.174. The molecule has 0 bridgehead atoms. The molecule has 0 spiro atoms. The van der Waals surface area contributed by atoms with Crippen molar-refractivity contribution in [2.75, 3.05) is 6.54 Å². The average Bonchev–Trinajstić information content (AvgIpc) is 2.80. The van der Waals surface area contributed by atoms with E-state index < -0.39 is 0 Å². The molecule has 4 heteroatoms. The van der Waals surface area contributed by atoms with Crippen LogP contribution in [-0.4, -0.2) is 29.0 Å². The van der Waals surface area contributed by atoms with E-state index in [0.717, 1.165) is 19.3 Å². The van der Waals surface area contributed by atoms with Crippen molar-refractivity contribution in [1.29, 1.82) is 0 Å². The summed E-state index contributed by atoms with van der Waals surface area (Å²) in [5.74, 6) is 0.0755. The van der Waals surface area contributed by atoms with Gasteiger partial charge in [0.1, 0.15) is 6.10 Å². The monoisotopic (exact) mass is 446 g/mol. The smallest absolute Gasteiger partial charge is 0.230 e. The fourth-order valence-corrected chi connectivity index (χ4v) is 3.90. The van der Waals surface area contributed by atoms with Gasteiger partial charge in [-0.3, -0.25) is 9.83 Å². The summed E-state index contributed by atoms with van der Waals surface area (Å²) < 4.78 is 0. The van der Waals surface area contributed by atoms with Crippen LogP contribution in [0.5, 0.6) is 0 Å². The summed E-state index contributed by atoms with van der Waals surface area (Å²) in [7, 11) is 0. The molecule has 0 aromatic heterocycles. The Labute approximate surface area is 198 Å². The van der Waals surface area contributed by atoms with Gasteiger partial charge < -0.3 is 5.11 Å². The van der Waals surface area contributed by atoms with Crippen molar-refractivity contribution in [2.45, 2.75) is 129 Å². The van der Waals surface area contributed by atoms with Crippen LogP contribution in [0.2, 0.25) is 0 Å². The van der Waals surface area contributed by atoms with E-state index >= 15 is 0 Å². The molecule has 0 radical (unpaired) electrons. The fraction of sp³-hybridized carbons (Fsp3) is 0.750. The molecule has 32 heavy (non-hydrogen) atoms. The van der Waals surface area contributed by atoms with Gasteiger partial charge in [-0.15, -0.1) is 0 Å². The van der Waals surface area contributed by atoms with Crippen molar-refractivity contribution in [3.8, 4) is 0 Å². The van der Waals surface area contributed by atoms with Crippen molar-refractivity contribution in [3.05, 3.63) is 36.4 Å². The SMILES string of the molecule is CCCCCCCCCCCCC/C=C/C=C/C(CCCCCC)ON1CC=NC=C1O. The Balaban J connectivity index is 2.15. The van der Waals surface area contributed by atoms with Gasteiger partial charge in [-0.1, -0.05) is 128 Å². The van der Waals surface area contributed by atoms with E-state index in [0.29, 0.717) is 6.54 Å². The number of aliphatic hydroxyl groups excluding tert-OH is 1. The first kappa shape index (κ1) is 28.5. The third-order valence-corrected chi connectivity index (χ3v) is 5.95. The summed E-state index contributed by atoms with van der Waals surface area (Å²) in [6.45, 7) is 4.99. The zero-order valence-electron chi connectivity index (χ0n) is 21.0. The zero-order valence-corrected chi connectivity index (χ0v) is 21.0. The number of hydroxylamine groups is 2. The van der Waals surface area contributed by atoms with Crippen LogP contribution < -0.4 is 0 Å². The molecule has 184 valence electrons. The summed E-state index contributed by atoms with van der Waals surface area (Å²) in [5.41, 5.74) is 0. The molecule has 0 fully saturated rings. The van der Waals surface area contributed by atoms with Gasteiger partial charge in [-0.05, 0) is 19.3 Å². The molecule has 1 aliphatic heterocycles. The largest absolute Gasteiger partial charge is 0.492 e. The Kier molecular flexibility index (Phi) is 19.0. The van der Waals surface area contributed by atoms with Crippen LogP contribution in [0.4, 0.5) is 0 Å². The van der Waals surface area contributed by atoms with E-state index in [1.54, 1.807) is 6.21 Å². The van der Waals surface area contributed by atoms with Crippen LogP contribution >= 0.6 is 0 Å². The second kappa shape index (κ2) is 21.3.